The van der Waals surface area contributed by atoms with E-state index in [4.69, 9.17) is 0 Å². The molecule has 1 nitrogen and oxygen atoms in total. The minimum atomic E-state index is 0.997. The molecule has 0 radical (unpaired) electrons. The van der Waals surface area contributed by atoms with Crippen molar-refractivity contribution in [1.29, 1.82) is 0 Å². The minimum Gasteiger partial charge on any atom is -0.257 e. The first kappa shape index (κ1) is 9.16. The molecule has 0 N–H and O–H groups in total. The molecule has 0 unspecified atom stereocenters. The number of nitrogens with zero attached hydrogens (tertiary/aromatic N) is 1. The molecule has 0 saturated heterocycles. The van der Waals surface area contributed by atoms with Crippen molar-refractivity contribution in [2.45, 2.75) is 6.92 Å². The van der Waals surface area contributed by atoms with E-state index in [1.165, 1.54) is 10.4 Å². The number of thiophene rings is 1. The van der Waals surface area contributed by atoms with E-state index in [0.29, 0.717) is 0 Å². The second-order valence-corrected chi connectivity index (χ2v) is 4.19. The third kappa shape index (κ3) is 2.30. The number of pyridine rings is 1. The van der Waals surface area contributed by atoms with E-state index in [9.17, 15) is 0 Å². The molecule has 2 heteroatoms. The summed E-state index contributed by atoms with van der Waals surface area (Å²) < 4.78 is 0. The Hall–Kier alpha value is -1.41. The van der Waals surface area contributed by atoms with Crippen LogP contribution in [0.2, 0.25) is 0 Å². The largest absolute Gasteiger partial charge is 0.257 e. The van der Waals surface area contributed by atoms with Crippen LogP contribution in [0.4, 0.5) is 0 Å². The molecule has 0 aromatic carbocycles. The van der Waals surface area contributed by atoms with Crippen molar-refractivity contribution in [3.05, 3.63) is 52.0 Å². The lowest BCUT2D eigenvalue weighted by molar-refractivity contribution is 1.30. The summed E-state index contributed by atoms with van der Waals surface area (Å²) in [5, 5.41) is 2.15. The summed E-state index contributed by atoms with van der Waals surface area (Å²) in [6.07, 6.45) is 5.92. The third-order valence-electron chi connectivity index (χ3n) is 1.89. The molecule has 0 aliphatic heterocycles. The summed E-state index contributed by atoms with van der Waals surface area (Å²) in [5.41, 5.74) is 2.24. The average Bonchev–Trinajstić information content (AvgIpc) is 2.63. The van der Waals surface area contributed by atoms with Crippen molar-refractivity contribution in [2.24, 2.45) is 0 Å². The zero-order valence-electron chi connectivity index (χ0n) is 7.97. The van der Waals surface area contributed by atoms with Crippen molar-refractivity contribution in [2.75, 3.05) is 0 Å². The maximum Gasteiger partial charge on any atom is 0.0629 e. The van der Waals surface area contributed by atoms with Gasteiger partial charge in [-0.25, -0.2) is 0 Å². The highest BCUT2D eigenvalue weighted by molar-refractivity contribution is 7.10. The van der Waals surface area contributed by atoms with Crippen molar-refractivity contribution in [3.8, 4) is 0 Å². The van der Waals surface area contributed by atoms with Crippen LogP contribution in [0, 0.1) is 6.92 Å². The van der Waals surface area contributed by atoms with E-state index < -0.39 is 0 Å². The summed E-state index contributed by atoms with van der Waals surface area (Å²) in [7, 11) is 0. The molecule has 0 atom stereocenters. The van der Waals surface area contributed by atoms with Crippen LogP contribution in [0.1, 0.15) is 16.1 Å². The molecule has 0 aliphatic rings. The number of aryl methyl sites for hydroxylation is 1. The zero-order chi connectivity index (χ0) is 9.80. The molecule has 0 amide bonds. The second kappa shape index (κ2) is 4.20. The average molecular weight is 201 g/mol. The van der Waals surface area contributed by atoms with Crippen molar-refractivity contribution in [1.82, 2.24) is 4.98 Å². The van der Waals surface area contributed by atoms with Crippen LogP contribution in [0.15, 0.2) is 35.8 Å². The third-order valence-corrected chi connectivity index (χ3v) is 2.76. The standard InChI is InChI=1S/C12H11NS/c1-10-8-11(9-14-10)5-6-12-4-2-3-7-13-12/h2-9H,1H3/b6-5+. The Balaban J connectivity index is 2.15. The van der Waals surface area contributed by atoms with Crippen molar-refractivity contribution >= 4 is 23.5 Å². The van der Waals surface area contributed by atoms with Gasteiger partial charge in [-0.05, 0) is 42.1 Å². The maximum absolute atomic E-state index is 4.22. The fourth-order valence-corrected chi connectivity index (χ4v) is 1.88. The molecule has 2 rings (SSSR count). The molecular formula is C12H11NS. The van der Waals surface area contributed by atoms with E-state index in [2.05, 4.69) is 29.4 Å². The van der Waals surface area contributed by atoms with Gasteiger partial charge in [0.05, 0.1) is 5.69 Å². The van der Waals surface area contributed by atoms with Gasteiger partial charge in [-0.3, -0.25) is 4.98 Å². The van der Waals surface area contributed by atoms with Crippen LogP contribution in [0.25, 0.3) is 12.2 Å². The van der Waals surface area contributed by atoms with E-state index >= 15 is 0 Å². The monoisotopic (exact) mass is 201 g/mol. The van der Waals surface area contributed by atoms with Gasteiger partial charge in [0, 0.05) is 11.1 Å². The fourth-order valence-electron chi connectivity index (χ4n) is 1.21. The maximum atomic E-state index is 4.22. The van der Waals surface area contributed by atoms with Crippen molar-refractivity contribution < 1.29 is 0 Å². The van der Waals surface area contributed by atoms with Gasteiger partial charge in [-0.2, -0.15) is 0 Å². The minimum absolute atomic E-state index is 0.997. The van der Waals surface area contributed by atoms with Crippen LogP contribution in [-0.4, -0.2) is 4.98 Å². The lowest BCUT2D eigenvalue weighted by Gasteiger charge is -1.89. The molecular weight excluding hydrogens is 190 g/mol. The number of hydrogen-bond donors (Lipinski definition) is 0. The van der Waals surface area contributed by atoms with E-state index in [-0.39, 0.29) is 0 Å². The summed E-state index contributed by atoms with van der Waals surface area (Å²) in [6, 6.07) is 8.08. The highest BCUT2D eigenvalue weighted by Gasteiger charge is 1.90. The lowest BCUT2D eigenvalue weighted by atomic mass is 10.2. The molecule has 2 heterocycles. The van der Waals surface area contributed by atoms with Gasteiger partial charge in [0.2, 0.25) is 0 Å². The molecule has 0 aliphatic carbocycles. The van der Waals surface area contributed by atoms with Crippen LogP contribution < -0.4 is 0 Å². The van der Waals surface area contributed by atoms with Crippen LogP contribution in [0.3, 0.4) is 0 Å². The molecule has 2 aromatic rings. The molecule has 0 spiro atoms. The first-order valence-electron chi connectivity index (χ1n) is 4.49. The molecule has 0 bridgehead atoms. The van der Waals surface area contributed by atoms with Gasteiger partial charge in [0.1, 0.15) is 0 Å². The Morgan fingerprint density at radius 3 is 2.86 bits per heavy atom. The quantitative estimate of drug-likeness (QED) is 0.723. The number of hydrogen-bond acceptors (Lipinski definition) is 2. The van der Waals surface area contributed by atoms with Crippen LogP contribution in [-0.2, 0) is 0 Å². The molecule has 14 heavy (non-hydrogen) atoms. The molecule has 70 valence electrons. The van der Waals surface area contributed by atoms with Crippen molar-refractivity contribution in [3.63, 3.8) is 0 Å². The van der Waals surface area contributed by atoms with Gasteiger partial charge in [-0.1, -0.05) is 12.1 Å². The van der Waals surface area contributed by atoms with E-state index in [1.807, 2.05) is 24.3 Å². The SMILES string of the molecule is Cc1cc(/C=C/c2ccccn2)cs1. The topological polar surface area (TPSA) is 12.9 Å². The van der Waals surface area contributed by atoms with Crippen LogP contribution in [0.5, 0.6) is 0 Å². The van der Waals surface area contributed by atoms with Gasteiger partial charge < -0.3 is 0 Å². The fraction of sp³-hybridized carbons (Fsp3) is 0.0833. The smallest absolute Gasteiger partial charge is 0.0629 e. The number of aromatic nitrogens is 1. The predicted molar refractivity (Wildman–Crippen MR) is 62.2 cm³/mol. The molecule has 0 fully saturated rings. The normalized spacial score (nSPS) is 10.9. The van der Waals surface area contributed by atoms with Gasteiger partial charge in [-0.15, -0.1) is 11.3 Å². The summed E-state index contributed by atoms with van der Waals surface area (Å²) in [4.78, 5) is 5.56. The Labute approximate surface area is 87.8 Å². The first-order chi connectivity index (χ1) is 6.84. The van der Waals surface area contributed by atoms with Gasteiger partial charge in [0.15, 0.2) is 0 Å². The summed E-state index contributed by atoms with van der Waals surface area (Å²) >= 11 is 1.77. The van der Waals surface area contributed by atoms with Gasteiger partial charge >= 0.3 is 0 Å². The van der Waals surface area contributed by atoms with Gasteiger partial charge in [0.25, 0.3) is 0 Å². The lowest BCUT2D eigenvalue weighted by Crippen LogP contribution is -1.75. The Morgan fingerprint density at radius 1 is 1.29 bits per heavy atom. The zero-order valence-corrected chi connectivity index (χ0v) is 8.79. The Morgan fingerprint density at radius 2 is 2.21 bits per heavy atom. The highest BCUT2D eigenvalue weighted by Crippen LogP contribution is 2.15. The Kier molecular flexibility index (Phi) is 2.75. The molecule has 2 aromatic heterocycles. The van der Waals surface area contributed by atoms with Crippen LogP contribution >= 0.6 is 11.3 Å². The second-order valence-electron chi connectivity index (χ2n) is 3.08. The highest BCUT2D eigenvalue weighted by atomic mass is 32.1. The van der Waals surface area contributed by atoms with E-state index in [1.54, 1.807) is 17.5 Å². The first-order valence-corrected chi connectivity index (χ1v) is 5.37. The number of rotatable bonds is 2. The summed E-state index contributed by atoms with van der Waals surface area (Å²) in [5.74, 6) is 0. The Bertz CT molecular complexity index is 429. The molecule has 0 saturated carbocycles. The van der Waals surface area contributed by atoms with E-state index in [0.717, 1.165) is 5.69 Å². The predicted octanol–water partition coefficient (Wildman–Crippen LogP) is 3.62. The summed E-state index contributed by atoms with van der Waals surface area (Å²) in [6.45, 7) is 2.11.